The van der Waals surface area contributed by atoms with Crippen LogP contribution in [0.1, 0.15) is 32.4 Å². The maximum atomic E-state index is 12.6. The monoisotopic (exact) mass is 285 g/mol. The van der Waals surface area contributed by atoms with Gasteiger partial charge in [-0.05, 0) is 38.8 Å². The average Bonchev–Trinajstić information content (AvgIpc) is 2.82. The first-order chi connectivity index (χ1) is 8.96. The van der Waals surface area contributed by atoms with E-state index in [1.165, 1.54) is 0 Å². The molecule has 1 fully saturated rings. The molecule has 1 saturated heterocycles. The predicted molar refractivity (Wildman–Crippen MR) is 75.3 cm³/mol. The molecule has 0 radical (unpaired) electrons. The molecular formula is C13H23N3O2S. The summed E-state index contributed by atoms with van der Waals surface area (Å²) in [6.45, 7) is 5.39. The van der Waals surface area contributed by atoms with Crippen LogP contribution in [-0.4, -0.2) is 37.3 Å². The number of aromatic amines is 1. The zero-order chi connectivity index (χ0) is 14.0. The van der Waals surface area contributed by atoms with Gasteiger partial charge in [0.15, 0.2) is 0 Å². The number of nitrogens with one attached hydrogen (secondary N) is 2. The Labute approximate surface area is 115 Å². The van der Waals surface area contributed by atoms with Crippen molar-refractivity contribution in [1.29, 1.82) is 0 Å². The number of H-pyrrole nitrogens is 1. The highest BCUT2D eigenvalue weighted by Crippen LogP contribution is 2.28. The Kier molecular flexibility index (Phi) is 4.32. The van der Waals surface area contributed by atoms with Crippen molar-refractivity contribution < 1.29 is 8.42 Å². The number of aromatic nitrogens is 1. The van der Waals surface area contributed by atoms with Crippen molar-refractivity contribution in [3.05, 3.63) is 18.0 Å². The summed E-state index contributed by atoms with van der Waals surface area (Å²) in [5.41, 5.74) is 0.888. The maximum absolute atomic E-state index is 12.6. The van der Waals surface area contributed by atoms with Gasteiger partial charge in [0, 0.05) is 31.0 Å². The van der Waals surface area contributed by atoms with Crippen LogP contribution < -0.4 is 5.32 Å². The fourth-order valence-corrected chi connectivity index (χ4v) is 4.42. The minimum atomic E-state index is -3.37. The van der Waals surface area contributed by atoms with E-state index in [2.05, 4.69) is 17.2 Å². The standard InChI is InChI=1S/C13H23N3O2S/c1-10-5-4-6-16(11(10)2)19(17,18)13-7-12(8-14-3)15-9-13/h7,9-11,14-15H,4-6,8H2,1-3H3. The lowest BCUT2D eigenvalue weighted by Gasteiger charge is -2.36. The smallest absolute Gasteiger partial charge is 0.244 e. The van der Waals surface area contributed by atoms with Crippen LogP contribution in [0.2, 0.25) is 0 Å². The zero-order valence-electron chi connectivity index (χ0n) is 11.8. The summed E-state index contributed by atoms with van der Waals surface area (Å²) in [5.74, 6) is 0.416. The van der Waals surface area contributed by atoms with E-state index in [9.17, 15) is 8.42 Å². The summed E-state index contributed by atoms with van der Waals surface area (Å²) in [5, 5.41) is 3.00. The van der Waals surface area contributed by atoms with E-state index in [0.717, 1.165) is 18.5 Å². The second-order valence-electron chi connectivity index (χ2n) is 5.37. The Bertz CT molecular complexity index is 524. The number of sulfonamides is 1. The molecule has 19 heavy (non-hydrogen) atoms. The lowest BCUT2D eigenvalue weighted by atomic mass is 9.94. The SMILES string of the molecule is CNCc1cc(S(=O)(=O)N2CCCC(C)C2C)c[nH]1. The Morgan fingerprint density at radius 1 is 1.47 bits per heavy atom. The third-order valence-electron chi connectivity index (χ3n) is 4.01. The van der Waals surface area contributed by atoms with Crippen LogP contribution >= 0.6 is 0 Å². The van der Waals surface area contributed by atoms with Crippen LogP contribution in [-0.2, 0) is 16.6 Å². The third-order valence-corrected chi connectivity index (χ3v) is 5.97. The molecule has 2 unspecified atom stereocenters. The molecule has 5 nitrogen and oxygen atoms in total. The molecule has 108 valence electrons. The Morgan fingerprint density at radius 3 is 2.89 bits per heavy atom. The van der Waals surface area contributed by atoms with E-state index in [4.69, 9.17) is 0 Å². The minimum absolute atomic E-state index is 0.0707. The molecule has 0 aliphatic carbocycles. The summed E-state index contributed by atoms with van der Waals surface area (Å²) in [6.07, 6.45) is 3.64. The van der Waals surface area contributed by atoms with Gasteiger partial charge in [0.25, 0.3) is 0 Å². The predicted octanol–water partition coefficient (Wildman–Crippen LogP) is 1.54. The molecule has 2 rings (SSSR count). The number of piperidine rings is 1. The fourth-order valence-electron chi connectivity index (χ4n) is 2.63. The number of hydrogen-bond acceptors (Lipinski definition) is 3. The second kappa shape index (κ2) is 5.64. The molecule has 6 heteroatoms. The molecule has 2 N–H and O–H groups in total. The van der Waals surface area contributed by atoms with Gasteiger partial charge in [-0.25, -0.2) is 8.42 Å². The van der Waals surface area contributed by atoms with Crippen LogP contribution in [0.25, 0.3) is 0 Å². The molecule has 1 aromatic heterocycles. The van der Waals surface area contributed by atoms with Crippen LogP contribution in [0.4, 0.5) is 0 Å². The highest BCUT2D eigenvalue weighted by Gasteiger charge is 2.34. The van der Waals surface area contributed by atoms with Crippen LogP contribution in [0, 0.1) is 5.92 Å². The fraction of sp³-hybridized carbons (Fsp3) is 0.692. The Hall–Kier alpha value is -0.850. The van der Waals surface area contributed by atoms with Gasteiger partial charge in [0.1, 0.15) is 0 Å². The van der Waals surface area contributed by atoms with Crippen molar-refractivity contribution in [3.63, 3.8) is 0 Å². The van der Waals surface area contributed by atoms with Crippen molar-refractivity contribution in [2.24, 2.45) is 5.92 Å². The van der Waals surface area contributed by atoms with Gasteiger partial charge in [-0.1, -0.05) is 6.92 Å². The topological polar surface area (TPSA) is 65.2 Å². The average molecular weight is 285 g/mol. The summed E-state index contributed by atoms with van der Waals surface area (Å²) in [6, 6.07) is 1.79. The van der Waals surface area contributed by atoms with E-state index >= 15 is 0 Å². The van der Waals surface area contributed by atoms with Gasteiger partial charge in [-0.15, -0.1) is 0 Å². The van der Waals surface area contributed by atoms with Crippen molar-refractivity contribution >= 4 is 10.0 Å². The van der Waals surface area contributed by atoms with Gasteiger partial charge in [0.05, 0.1) is 4.90 Å². The molecule has 0 bridgehead atoms. The molecule has 1 aliphatic rings. The molecule has 1 aliphatic heterocycles. The maximum Gasteiger partial charge on any atom is 0.244 e. The summed E-state index contributed by atoms with van der Waals surface area (Å²) >= 11 is 0. The van der Waals surface area contributed by atoms with E-state index < -0.39 is 10.0 Å². The van der Waals surface area contributed by atoms with E-state index in [1.54, 1.807) is 16.6 Å². The molecule has 2 atom stereocenters. The first kappa shape index (κ1) is 14.6. The van der Waals surface area contributed by atoms with E-state index in [0.29, 0.717) is 23.9 Å². The third kappa shape index (κ3) is 2.85. The second-order valence-corrected chi connectivity index (χ2v) is 7.26. The van der Waals surface area contributed by atoms with Gasteiger partial charge < -0.3 is 10.3 Å². The molecule has 0 amide bonds. The molecule has 0 aromatic carbocycles. The summed E-state index contributed by atoms with van der Waals surface area (Å²) in [7, 11) is -1.53. The molecule has 0 spiro atoms. The van der Waals surface area contributed by atoms with E-state index in [1.807, 2.05) is 14.0 Å². The summed E-state index contributed by atoms with van der Waals surface area (Å²) in [4.78, 5) is 3.38. The molecule has 1 aromatic rings. The highest BCUT2D eigenvalue weighted by molar-refractivity contribution is 7.89. The quantitative estimate of drug-likeness (QED) is 0.882. The van der Waals surface area contributed by atoms with Crippen molar-refractivity contribution in [3.8, 4) is 0 Å². The molecule has 0 saturated carbocycles. The number of nitrogens with zero attached hydrogens (tertiary/aromatic N) is 1. The van der Waals surface area contributed by atoms with E-state index in [-0.39, 0.29) is 6.04 Å². The van der Waals surface area contributed by atoms with Crippen molar-refractivity contribution in [2.75, 3.05) is 13.6 Å². The Balaban J connectivity index is 2.25. The largest absolute Gasteiger partial charge is 0.363 e. The molecular weight excluding hydrogens is 262 g/mol. The van der Waals surface area contributed by atoms with Gasteiger partial charge >= 0.3 is 0 Å². The Morgan fingerprint density at radius 2 is 2.21 bits per heavy atom. The number of rotatable bonds is 4. The number of hydrogen-bond donors (Lipinski definition) is 2. The highest BCUT2D eigenvalue weighted by atomic mass is 32.2. The van der Waals surface area contributed by atoms with Crippen LogP contribution in [0.5, 0.6) is 0 Å². The first-order valence-corrected chi connectivity index (χ1v) is 8.24. The molecule has 2 heterocycles. The minimum Gasteiger partial charge on any atom is -0.363 e. The normalized spacial score (nSPS) is 25.6. The zero-order valence-corrected chi connectivity index (χ0v) is 12.6. The van der Waals surface area contributed by atoms with Gasteiger partial charge in [0.2, 0.25) is 10.0 Å². The van der Waals surface area contributed by atoms with Crippen molar-refractivity contribution in [1.82, 2.24) is 14.6 Å². The van der Waals surface area contributed by atoms with Crippen LogP contribution in [0.3, 0.4) is 0 Å². The van der Waals surface area contributed by atoms with Crippen LogP contribution in [0.15, 0.2) is 17.2 Å². The van der Waals surface area contributed by atoms with Gasteiger partial charge in [-0.3, -0.25) is 0 Å². The van der Waals surface area contributed by atoms with Gasteiger partial charge in [-0.2, -0.15) is 4.31 Å². The lowest BCUT2D eigenvalue weighted by molar-refractivity contribution is 0.202. The summed E-state index contributed by atoms with van der Waals surface area (Å²) < 4.78 is 26.9. The lowest BCUT2D eigenvalue weighted by Crippen LogP contribution is -2.45. The first-order valence-electron chi connectivity index (χ1n) is 6.80. The van der Waals surface area contributed by atoms with Crippen molar-refractivity contribution in [2.45, 2.75) is 44.2 Å².